The summed E-state index contributed by atoms with van der Waals surface area (Å²) in [6.07, 6.45) is 3.52. The van der Waals surface area contributed by atoms with Crippen molar-refractivity contribution >= 4 is 58.5 Å². The Morgan fingerprint density at radius 3 is 2.14 bits per heavy atom. The van der Waals surface area contributed by atoms with Crippen molar-refractivity contribution in [3.05, 3.63) is 71.3 Å². The molecule has 0 bridgehead atoms. The number of hydrogen-bond donors (Lipinski definition) is 3. The molecule has 3 fully saturated rings. The molecule has 0 aromatic heterocycles. The van der Waals surface area contributed by atoms with Gasteiger partial charge in [0.15, 0.2) is 0 Å². The Morgan fingerprint density at radius 2 is 1.54 bits per heavy atom. The molecule has 2 aromatic carbocycles. The van der Waals surface area contributed by atoms with Crippen LogP contribution in [0.15, 0.2) is 54.6 Å². The Bertz CT molecular complexity index is 1660. The second-order valence-corrected chi connectivity index (χ2v) is 15.8. The maximum absolute atomic E-state index is 14.0. The molecule has 3 N–H and O–H groups in total. The van der Waals surface area contributed by atoms with Gasteiger partial charge in [0.25, 0.3) is 5.91 Å². The summed E-state index contributed by atoms with van der Waals surface area (Å²) in [6.45, 7) is 1.57. The summed E-state index contributed by atoms with van der Waals surface area (Å²) >= 11 is 13.1. The largest absolute Gasteiger partial charge is 0.347 e. The summed E-state index contributed by atoms with van der Waals surface area (Å²) in [6, 6.07) is 13.7. The molecule has 2 saturated carbocycles. The number of likely N-dealkylation sites (tertiary alicyclic amines) is 1. The lowest BCUT2D eigenvalue weighted by molar-refractivity contribution is -0.145. The first kappa shape index (κ1) is 35.9. The number of amides is 5. The number of hydrogen-bond acceptors (Lipinski definition) is 6. The zero-order valence-electron chi connectivity index (χ0n) is 28.4. The third-order valence-corrected chi connectivity index (χ3v) is 11.8. The van der Waals surface area contributed by atoms with Gasteiger partial charge in [-0.1, -0.05) is 74.4 Å². The molecule has 5 amide bonds. The minimum Gasteiger partial charge on any atom is -0.347 e. The second kappa shape index (κ2) is 14.3. The number of fused-ring (bicyclic) bond motifs is 2. The van der Waals surface area contributed by atoms with Crippen molar-refractivity contribution in [1.29, 1.82) is 0 Å². The summed E-state index contributed by atoms with van der Waals surface area (Å²) in [5.41, 5.74) is 3.02. The topological polar surface area (TPSA) is 145 Å². The molecule has 1 aliphatic heterocycles. The van der Waals surface area contributed by atoms with Gasteiger partial charge < -0.3 is 25.8 Å². The van der Waals surface area contributed by atoms with Crippen LogP contribution in [0, 0.1) is 29.6 Å². The van der Waals surface area contributed by atoms with Gasteiger partial charge in [-0.05, 0) is 47.8 Å². The van der Waals surface area contributed by atoms with E-state index in [4.69, 9.17) is 23.2 Å². The standard InChI is InChI=1S/C37H43Cl2N5O6/c1-20(25-16-23-11-7-8-12-24(23)17-25)35(49)44-19-26-29(37(26,38)39)31(44)33(47)41-27(15-21-13-14-21)32(46)34(48)40-18-28(45)42-30(36(50)43(2)3)22-9-5-4-6-10-22/h4-12,20-21,25-27,29-31H,13-19H2,1-3H3,(H,40,48)(H,41,47)(H,42,45)/t20-,26-,27?,29-,30-,31-/m0/s1. The molecule has 50 heavy (non-hydrogen) atoms. The fourth-order valence-electron chi connectivity index (χ4n) is 7.53. The maximum atomic E-state index is 14.0. The normalized spacial score (nSPS) is 23.5. The summed E-state index contributed by atoms with van der Waals surface area (Å²) in [5, 5.41) is 7.75. The molecule has 266 valence electrons. The average molecular weight is 725 g/mol. The fourth-order valence-corrected chi connectivity index (χ4v) is 8.35. The quantitative estimate of drug-likeness (QED) is 0.214. The fraction of sp³-hybridized carbons (Fsp3) is 0.514. The van der Waals surface area contributed by atoms with E-state index in [2.05, 4.69) is 28.1 Å². The van der Waals surface area contributed by atoms with Gasteiger partial charge in [0.1, 0.15) is 16.4 Å². The molecule has 0 radical (unpaired) electrons. The molecule has 3 aliphatic carbocycles. The van der Waals surface area contributed by atoms with Gasteiger partial charge in [0.05, 0.1) is 12.6 Å². The van der Waals surface area contributed by atoms with Crippen molar-refractivity contribution in [2.75, 3.05) is 27.2 Å². The van der Waals surface area contributed by atoms with Crippen LogP contribution in [0.5, 0.6) is 0 Å². The maximum Gasteiger partial charge on any atom is 0.290 e. The average Bonchev–Trinajstić information content (AvgIpc) is 3.86. The van der Waals surface area contributed by atoms with E-state index in [0.717, 1.165) is 25.7 Å². The molecule has 2 aromatic rings. The third-order valence-electron chi connectivity index (χ3n) is 10.7. The summed E-state index contributed by atoms with van der Waals surface area (Å²) in [7, 11) is 3.14. The Kier molecular flexibility index (Phi) is 10.3. The number of benzene rings is 2. The number of nitrogens with zero attached hydrogens (tertiary/aromatic N) is 2. The Balaban J connectivity index is 1.10. The van der Waals surface area contributed by atoms with Gasteiger partial charge in [0.2, 0.25) is 29.4 Å². The van der Waals surface area contributed by atoms with Crippen LogP contribution in [0.2, 0.25) is 0 Å². The van der Waals surface area contributed by atoms with E-state index in [9.17, 15) is 28.8 Å². The zero-order valence-corrected chi connectivity index (χ0v) is 29.9. The lowest BCUT2D eigenvalue weighted by Crippen LogP contribution is -2.56. The van der Waals surface area contributed by atoms with Crippen LogP contribution >= 0.6 is 23.2 Å². The van der Waals surface area contributed by atoms with Gasteiger partial charge in [-0.25, -0.2) is 0 Å². The van der Waals surface area contributed by atoms with Gasteiger partial charge in [-0.3, -0.25) is 28.8 Å². The number of nitrogens with one attached hydrogen (secondary N) is 3. The lowest BCUT2D eigenvalue weighted by Gasteiger charge is -2.33. The van der Waals surface area contributed by atoms with Crippen LogP contribution in [0.3, 0.4) is 0 Å². The number of carbonyl (C=O) groups is 6. The third kappa shape index (κ3) is 7.39. The van der Waals surface area contributed by atoms with Gasteiger partial charge in [-0.15, -0.1) is 23.2 Å². The monoisotopic (exact) mass is 723 g/mol. The van der Waals surface area contributed by atoms with Crippen molar-refractivity contribution in [1.82, 2.24) is 25.8 Å². The van der Waals surface area contributed by atoms with Gasteiger partial charge in [0, 0.05) is 38.4 Å². The van der Waals surface area contributed by atoms with Crippen LogP contribution in [0.4, 0.5) is 0 Å². The van der Waals surface area contributed by atoms with Crippen LogP contribution in [-0.2, 0) is 41.6 Å². The van der Waals surface area contributed by atoms with E-state index < -0.39 is 58.4 Å². The Labute approximate surface area is 301 Å². The van der Waals surface area contributed by atoms with Crippen LogP contribution in [-0.4, -0.2) is 88.7 Å². The molecular formula is C37H43Cl2N5O6. The number of carbonyl (C=O) groups excluding carboxylic acids is 6. The molecule has 13 heteroatoms. The molecule has 6 rings (SSSR count). The van der Waals surface area contributed by atoms with E-state index in [0.29, 0.717) is 5.56 Å². The highest BCUT2D eigenvalue weighted by Gasteiger charge is 2.74. The van der Waals surface area contributed by atoms with Crippen LogP contribution in [0.1, 0.15) is 48.9 Å². The van der Waals surface area contributed by atoms with E-state index in [1.165, 1.54) is 16.0 Å². The smallest absolute Gasteiger partial charge is 0.290 e. The van der Waals surface area contributed by atoms with Crippen LogP contribution in [0.25, 0.3) is 0 Å². The first-order chi connectivity index (χ1) is 23.8. The van der Waals surface area contributed by atoms with Gasteiger partial charge in [-0.2, -0.15) is 0 Å². The second-order valence-electron chi connectivity index (χ2n) is 14.4. The summed E-state index contributed by atoms with van der Waals surface area (Å²) in [4.78, 5) is 83.1. The first-order valence-electron chi connectivity index (χ1n) is 17.2. The zero-order chi connectivity index (χ0) is 35.9. The number of alkyl halides is 2. The molecule has 0 spiro atoms. The minimum atomic E-state index is -1.17. The molecular weight excluding hydrogens is 681 g/mol. The predicted molar refractivity (Wildman–Crippen MR) is 187 cm³/mol. The van der Waals surface area contributed by atoms with Gasteiger partial charge >= 0.3 is 0 Å². The minimum absolute atomic E-state index is 0.0892. The number of piperidine rings is 1. The number of likely N-dealkylation sites (N-methyl/N-ethyl adjacent to an activating group) is 1. The Morgan fingerprint density at radius 1 is 0.920 bits per heavy atom. The number of Topliss-reactive ketones (excluding diaryl/α,β-unsaturated/α-hetero) is 1. The number of ketones is 1. The Hall–Kier alpha value is -3.96. The van der Waals surface area contributed by atoms with E-state index in [-0.39, 0.29) is 48.5 Å². The van der Waals surface area contributed by atoms with Crippen molar-refractivity contribution in [3.63, 3.8) is 0 Å². The molecule has 1 saturated heterocycles. The van der Waals surface area contributed by atoms with Crippen molar-refractivity contribution in [2.24, 2.45) is 29.6 Å². The highest BCUT2D eigenvalue weighted by atomic mass is 35.5. The predicted octanol–water partition coefficient (Wildman–Crippen LogP) is 2.58. The highest BCUT2D eigenvalue weighted by Crippen LogP contribution is 2.65. The molecule has 1 unspecified atom stereocenters. The van der Waals surface area contributed by atoms with E-state index in [1.54, 1.807) is 49.3 Å². The number of rotatable bonds is 13. The highest BCUT2D eigenvalue weighted by molar-refractivity contribution is 6.51. The van der Waals surface area contributed by atoms with Crippen molar-refractivity contribution < 1.29 is 28.8 Å². The van der Waals surface area contributed by atoms with Crippen molar-refractivity contribution in [3.8, 4) is 0 Å². The molecule has 11 nitrogen and oxygen atoms in total. The molecule has 4 aliphatic rings. The van der Waals surface area contributed by atoms with Crippen molar-refractivity contribution in [2.45, 2.75) is 61.5 Å². The summed E-state index contributed by atoms with van der Waals surface area (Å²) in [5.74, 6) is -4.59. The molecule has 1 heterocycles. The molecule has 6 atom stereocenters. The van der Waals surface area contributed by atoms with E-state index in [1.807, 2.05) is 19.1 Å². The number of halogens is 2. The van der Waals surface area contributed by atoms with Crippen LogP contribution < -0.4 is 16.0 Å². The SMILES string of the molecule is C[C@H](C(=O)N1C[C@H]2[C@@H]([C@H]1C(=O)NC(CC1CC1)C(=O)C(=O)NCC(=O)N[C@H](C(=O)N(C)C)c1ccccc1)C2(Cl)Cl)C1Cc2ccccc2C1. The summed E-state index contributed by atoms with van der Waals surface area (Å²) < 4.78 is -1.17. The first-order valence-corrected chi connectivity index (χ1v) is 18.0. The lowest BCUT2D eigenvalue weighted by atomic mass is 9.89. The van der Waals surface area contributed by atoms with E-state index >= 15 is 0 Å².